The molecule has 0 atom stereocenters. The summed E-state index contributed by atoms with van der Waals surface area (Å²) in [5.41, 5.74) is 9.88. The van der Waals surface area contributed by atoms with Crippen LogP contribution in [-0.4, -0.2) is 0 Å². The van der Waals surface area contributed by atoms with Crippen molar-refractivity contribution in [1.82, 2.24) is 0 Å². The highest BCUT2D eigenvalue weighted by Crippen LogP contribution is 2.51. The average Bonchev–Trinajstić information content (AvgIpc) is 3.85. The van der Waals surface area contributed by atoms with Gasteiger partial charge in [0, 0.05) is 38.1 Å². The fourth-order valence-electron chi connectivity index (χ4n) is 8.03. The van der Waals surface area contributed by atoms with Crippen molar-refractivity contribution in [1.29, 1.82) is 0 Å². The predicted octanol–water partition coefficient (Wildman–Crippen LogP) is 13.5. The number of para-hydroxylation sites is 2. The summed E-state index contributed by atoms with van der Waals surface area (Å²) in [6.45, 7) is 0. The summed E-state index contributed by atoms with van der Waals surface area (Å²) < 4.78 is 19.8. The Morgan fingerprint density at radius 3 is 1.47 bits per heavy atom. The van der Waals surface area contributed by atoms with Crippen LogP contribution in [-0.2, 0) is 0 Å². The lowest BCUT2D eigenvalue weighted by Crippen LogP contribution is -1.91. The molecule has 228 valence electrons. The van der Waals surface area contributed by atoms with Gasteiger partial charge in [-0.2, -0.15) is 0 Å². The Labute approximate surface area is 280 Å². The minimum Gasteiger partial charge on any atom is -0.456 e. The third-order valence-electron chi connectivity index (χ3n) is 10.1. The fourth-order valence-corrected chi connectivity index (χ4v) is 8.03. The Balaban J connectivity index is 1.28. The first-order chi connectivity index (χ1) is 24.3. The SMILES string of the molecule is c1ccc(-c2c(-c3c4ccccc4c(-c4ccc5c(c4)oc4ccccc45)c4ccccc34)oc3ccc4oc5ccccc5c4c23)cc1. The molecule has 3 heterocycles. The molecule has 0 amide bonds. The molecule has 49 heavy (non-hydrogen) atoms. The van der Waals surface area contributed by atoms with Crippen LogP contribution in [0.4, 0.5) is 0 Å². The van der Waals surface area contributed by atoms with E-state index in [0.29, 0.717) is 0 Å². The van der Waals surface area contributed by atoms with Gasteiger partial charge < -0.3 is 13.3 Å². The molecule has 8 aromatic carbocycles. The van der Waals surface area contributed by atoms with E-state index >= 15 is 0 Å². The molecule has 0 aliphatic heterocycles. The fraction of sp³-hybridized carbons (Fsp3) is 0. The predicted molar refractivity (Wildman–Crippen MR) is 202 cm³/mol. The highest BCUT2D eigenvalue weighted by Gasteiger charge is 2.26. The van der Waals surface area contributed by atoms with E-state index in [1.807, 2.05) is 30.3 Å². The Kier molecular flexibility index (Phi) is 5.38. The number of fused-ring (bicyclic) bond motifs is 10. The van der Waals surface area contributed by atoms with E-state index in [4.69, 9.17) is 13.3 Å². The first-order valence-electron chi connectivity index (χ1n) is 16.6. The zero-order valence-electron chi connectivity index (χ0n) is 26.2. The maximum atomic E-state index is 7.06. The highest BCUT2D eigenvalue weighted by molar-refractivity contribution is 6.27. The summed E-state index contributed by atoms with van der Waals surface area (Å²) in [6, 6.07) is 55.2. The molecule has 0 saturated carbocycles. The minimum atomic E-state index is 0.834. The molecule has 11 aromatic rings. The van der Waals surface area contributed by atoms with Gasteiger partial charge >= 0.3 is 0 Å². The van der Waals surface area contributed by atoms with Crippen molar-refractivity contribution in [2.75, 3.05) is 0 Å². The Morgan fingerprint density at radius 1 is 0.265 bits per heavy atom. The van der Waals surface area contributed by atoms with Crippen LogP contribution in [0, 0.1) is 0 Å². The van der Waals surface area contributed by atoms with Crippen LogP contribution in [0.5, 0.6) is 0 Å². The summed E-state index contributed by atoms with van der Waals surface area (Å²) in [4.78, 5) is 0. The molecule has 11 rings (SSSR count). The summed E-state index contributed by atoms with van der Waals surface area (Å²) >= 11 is 0. The molecule has 0 fully saturated rings. The molecule has 3 heteroatoms. The third kappa shape index (κ3) is 3.73. The number of rotatable bonds is 3. The zero-order chi connectivity index (χ0) is 32.1. The van der Waals surface area contributed by atoms with Gasteiger partial charge in [0.15, 0.2) is 0 Å². The summed E-state index contributed by atoms with van der Waals surface area (Å²) in [6.07, 6.45) is 0. The largest absolute Gasteiger partial charge is 0.456 e. The summed E-state index contributed by atoms with van der Waals surface area (Å²) in [5.74, 6) is 0.852. The molecular formula is C46H26O3. The Hall–Kier alpha value is -6.58. The van der Waals surface area contributed by atoms with E-state index in [1.165, 1.54) is 5.56 Å². The second-order valence-corrected chi connectivity index (χ2v) is 12.7. The Bertz CT molecular complexity index is 3040. The van der Waals surface area contributed by atoms with Crippen LogP contribution < -0.4 is 0 Å². The van der Waals surface area contributed by atoms with Crippen molar-refractivity contribution in [2.45, 2.75) is 0 Å². The van der Waals surface area contributed by atoms with E-state index in [1.54, 1.807) is 0 Å². The van der Waals surface area contributed by atoms with Gasteiger partial charge in [0.1, 0.15) is 33.7 Å². The molecule has 0 bridgehead atoms. The van der Waals surface area contributed by atoms with Crippen molar-refractivity contribution in [3.8, 4) is 33.6 Å². The standard InChI is InChI=1S/C46H26O3/c1-2-12-27(13-3-1)42-45-39(25-24-38-44(45)35-19-9-11-21-37(35)47-38)49-46(42)43-33-17-6-4-15-31(33)41(32-16-5-7-18-34(32)43)28-22-23-30-29-14-8-10-20-36(29)48-40(30)26-28/h1-26H. The molecule has 0 saturated heterocycles. The van der Waals surface area contributed by atoms with Crippen molar-refractivity contribution >= 4 is 76.4 Å². The first kappa shape index (κ1) is 26.5. The molecule has 0 aliphatic carbocycles. The third-order valence-corrected chi connectivity index (χ3v) is 10.1. The van der Waals surface area contributed by atoms with Crippen LogP contribution in [0.1, 0.15) is 0 Å². The summed E-state index contributed by atoms with van der Waals surface area (Å²) in [5, 5.41) is 10.1. The van der Waals surface area contributed by atoms with Crippen LogP contribution in [0.15, 0.2) is 171 Å². The number of hydrogen-bond donors (Lipinski definition) is 0. The van der Waals surface area contributed by atoms with Crippen molar-refractivity contribution in [2.24, 2.45) is 0 Å². The average molecular weight is 627 g/mol. The topological polar surface area (TPSA) is 39.4 Å². The van der Waals surface area contributed by atoms with Gasteiger partial charge in [-0.05, 0) is 74.6 Å². The lowest BCUT2D eigenvalue weighted by molar-refractivity contribution is 0.633. The molecule has 0 radical (unpaired) electrons. The van der Waals surface area contributed by atoms with Gasteiger partial charge in [-0.25, -0.2) is 0 Å². The molecule has 0 aliphatic rings. The van der Waals surface area contributed by atoms with Crippen molar-refractivity contribution in [3.05, 3.63) is 158 Å². The van der Waals surface area contributed by atoms with Gasteiger partial charge in [0.2, 0.25) is 0 Å². The van der Waals surface area contributed by atoms with Gasteiger partial charge in [0.05, 0.1) is 0 Å². The van der Waals surface area contributed by atoms with E-state index in [2.05, 4.69) is 127 Å². The normalized spacial score (nSPS) is 12.1. The highest BCUT2D eigenvalue weighted by atomic mass is 16.3. The van der Waals surface area contributed by atoms with Gasteiger partial charge in [0.25, 0.3) is 0 Å². The van der Waals surface area contributed by atoms with Gasteiger partial charge in [-0.3, -0.25) is 0 Å². The smallest absolute Gasteiger partial charge is 0.144 e. The molecule has 0 N–H and O–H groups in total. The van der Waals surface area contributed by atoms with Crippen molar-refractivity contribution in [3.63, 3.8) is 0 Å². The number of hydrogen-bond acceptors (Lipinski definition) is 3. The molecular weight excluding hydrogens is 601 g/mol. The molecule has 0 spiro atoms. The molecule has 3 aromatic heterocycles. The summed E-state index contributed by atoms with van der Waals surface area (Å²) in [7, 11) is 0. The minimum absolute atomic E-state index is 0.834. The van der Waals surface area contributed by atoms with Crippen LogP contribution in [0.3, 0.4) is 0 Å². The maximum Gasteiger partial charge on any atom is 0.144 e. The van der Waals surface area contributed by atoms with Gasteiger partial charge in [-0.15, -0.1) is 0 Å². The van der Waals surface area contributed by atoms with Crippen LogP contribution in [0.2, 0.25) is 0 Å². The van der Waals surface area contributed by atoms with Crippen LogP contribution in [0.25, 0.3) is 110 Å². The lowest BCUT2D eigenvalue weighted by atomic mass is 9.85. The monoisotopic (exact) mass is 626 g/mol. The molecule has 3 nitrogen and oxygen atoms in total. The van der Waals surface area contributed by atoms with Crippen LogP contribution >= 0.6 is 0 Å². The van der Waals surface area contributed by atoms with E-state index in [-0.39, 0.29) is 0 Å². The number of benzene rings is 8. The zero-order valence-corrected chi connectivity index (χ0v) is 26.2. The van der Waals surface area contributed by atoms with E-state index in [0.717, 1.165) is 104 Å². The van der Waals surface area contributed by atoms with E-state index in [9.17, 15) is 0 Å². The molecule has 0 unspecified atom stereocenters. The second kappa shape index (κ2) is 9.96. The lowest BCUT2D eigenvalue weighted by Gasteiger charge is -2.17. The maximum absolute atomic E-state index is 7.06. The van der Waals surface area contributed by atoms with Crippen molar-refractivity contribution < 1.29 is 13.3 Å². The second-order valence-electron chi connectivity index (χ2n) is 12.7. The van der Waals surface area contributed by atoms with Gasteiger partial charge in [-0.1, -0.05) is 121 Å². The Morgan fingerprint density at radius 2 is 0.776 bits per heavy atom. The number of furan rings is 3. The van der Waals surface area contributed by atoms with E-state index < -0.39 is 0 Å². The quantitative estimate of drug-likeness (QED) is 0.183. The first-order valence-corrected chi connectivity index (χ1v) is 16.6.